The number of hydrogen-bond acceptors (Lipinski definition) is 4. The summed E-state index contributed by atoms with van der Waals surface area (Å²) in [6.07, 6.45) is 0. The van der Waals surface area contributed by atoms with Crippen molar-refractivity contribution in [2.24, 2.45) is 0 Å². The number of anilines is 2. The zero-order chi connectivity index (χ0) is 18.4. The van der Waals surface area contributed by atoms with Crippen LogP contribution in [0.2, 0.25) is 5.02 Å². The summed E-state index contributed by atoms with van der Waals surface area (Å²) in [5.74, 6) is -0.0132. The Morgan fingerprint density at radius 1 is 0.923 bits per heavy atom. The van der Waals surface area contributed by atoms with Gasteiger partial charge < -0.3 is 15.4 Å². The maximum atomic E-state index is 12.2. The van der Waals surface area contributed by atoms with Crippen molar-refractivity contribution >= 4 is 46.1 Å². The van der Waals surface area contributed by atoms with Gasteiger partial charge in [0.2, 0.25) is 0 Å². The highest BCUT2D eigenvalue weighted by atomic mass is 35.5. The van der Waals surface area contributed by atoms with Crippen LogP contribution in [-0.4, -0.2) is 18.4 Å². The fraction of sp³-hybridized carbons (Fsp3) is 0.0526. The molecule has 132 valence electrons. The molecule has 0 saturated heterocycles. The highest BCUT2D eigenvalue weighted by Gasteiger charge is 2.12. The van der Waals surface area contributed by atoms with Gasteiger partial charge in [-0.05, 0) is 47.8 Å². The van der Waals surface area contributed by atoms with E-state index in [-0.39, 0.29) is 18.4 Å². The molecule has 5 nitrogen and oxygen atoms in total. The van der Waals surface area contributed by atoms with Crippen molar-refractivity contribution in [3.63, 3.8) is 0 Å². The van der Waals surface area contributed by atoms with Crippen molar-refractivity contribution in [3.8, 4) is 5.75 Å². The highest BCUT2D eigenvalue weighted by molar-refractivity contribution is 7.12. The number of ether oxygens (including phenoxy) is 1. The van der Waals surface area contributed by atoms with Crippen molar-refractivity contribution in [1.29, 1.82) is 0 Å². The van der Waals surface area contributed by atoms with Crippen LogP contribution in [0.3, 0.4) is 0 Å². The monoisotopic (exact) mass is 386 g/mol. The summed E-state index contributed by atoms with van der Waals surface area (Å²) in [5, 5.41) is 7.97. The van der Waals surface area contributed by atoms with E-state index in [1.807, 2.05) is 5.38 Å². The number of rotatable bonds is 6. The standard InChI is InChI=1S/C19H15ClN2O3S/c20-13-7-9-14(10-8-13)25-12-18(23)21-15-4-1-2-5-16(15)22-19(24)17-6-3-11-26-17/h1-11H,12H2,(H,21,23)(H,22,24). The lowest BCUT2D eigenvalue weighted by molar-refractivity contribution is -0.118. The minimum Gasteiger partial charge on any atom is -0.484 e. The first kappa shape index (κ1) is 18.0. The molecule has 0 bridgehead atoms. The van der Waals surface area contributed by atoms with Gasteiger partial charge in [0.1, 0.15) is 5.75 Å². The molecule has 2 amide bonds. The molecule has 7 heteroatoms. The van der Waals surface area contributed by atoms with E-state index in [1.54, 1.807) is 60.7 Å². The molecule has 1 heterocycles. The van der Waals surface area contributed by atoms with Crippen LogP contribution in [0.25, 0.3) is 0 Å². The fourth-order valence-corrected chi connectivity index (χ4v) is 2.90. The van der Waals surface area contributed by atoms with Crippen LogP contribution in [0.4, 0.5) is 11.4 Å². The summed E-state index contributed by atoms with van der Waals surface area (Å²) in [5.41, 5.74) is 1.02. The normalized spacial score (nSPS) is 10.2. The molecule has 3 rings (SSSR count). The smallest absolute Gasteiger partial charge is 0.265 e. The predicted molar refractivity (Wildman–Crippen MR) is 104 cm³/mol. The Kier molecular flexibility index (Phi) is 5.88. The van der Waals surface area contributed by atoms with E-state index in [0.29, 0.717) is 27.0 Å². The van der Waals surface area contributed by atoms with Gasteiger partial charge in [-0.3, -0.25) is 9.59 Å². The van der Waals surface area contributed by atoms with E-state index in [0.717, 1.165) is 0 Å². The summed E-state index contributed by atoms with van der Waals surface area (Å²) >= 11 is 7.16. The average molecular weight is 387 g/mol. The maximum absolute atomic E-state index is 12.2. The molecule has 2 aromatic carbocycles. The number of benzene rings is 2. The Morgan fingerprint density at radius 2 is 1.62 bits per heavy atom. The van der Waals surface area contributed by atoms with Gasteiger partial charge in [-0.1, -0.05) is 29.8 Å². The van der Waals surface area contributed by atoms with Gasteiger partial charge in [0, 0.05) is 5.02 Å². The van der Waals surface area contributed by atoms with Crippen LogP contribution in [0, 0.1) is 0 Å². The van der Waals surface area contributed by atoms with Gasteiger partial charge in [0.05, 0.1) is 16.3 Å². The molecule has 0 aliphatic heterocycles. The minimum absolute atomic E-state index is 0.158. The SMILES string of the molecule is O=C(COc1ccc(Cl)cc1)Nc1ccccc1NC(=O)c1cccs1. The molecule has 0 aliphatic carbocycles. The van der Waals surface area contributed by atoms with Crippen LogP contribution in [0.15, 0.2) is 66.0 Å². The zero-order valence-corrected chi connectivity index (χ0v) is 15.1. The van der Waals surface area contributed by atoms with Gasteiger partial charge in [0.25, 0.3) is 11.8 Å². The summed E-state index contributed by atoms with van der Waals surface area (Å²) in [6.45, 7) is -0.158. The fourth-order valence-electron chi connectivity index (χ4n) is 2.16. The molecule has 0 aliphatic rings. The maximum Gasteiger partial charge on any atom is 0.265 e. The second-order valence-corrected chi connectivity index (χ2v) is 6.65. The Morgan fingerprint density at radius 3 is 2.27 bits per heavy atom. The van der Waals surface area contributed by atoms with Crippen molar-refractivity contribution in [2.75, 3.05) is 17.2 Å². The van der Waals surface area contributed by atoms with Crippen molar-refractivity contribution in [1.82, 2.24) is 0 Å². The van der Waals surface area contributed by atoms with E-state index in [1.165, 1.54) is 11.3 Å². The largest absolute Gasteiger partial charge is 0.484 e. The van der Waals surface area contributed by atoms with Crippen molar-refractivity contribution < 1.29 is 14.3 Å². The van der Waals surface area contributed by atoms with Gasteiger partial charge in [-0.25, -0.2) is 0 Å². The minimum atomic E-state index is -0.335. The molecule has 3 aromatic rings. The quantitative estimate of drug-likeness (QED) is 0.646. The molecular weight excluding hydrogens is 372 g/mol. The number of nitrogens with one attached hydrogen (secondary N) is 2. The first-order chi connectivity index (χ1) is 12.6. The third-order valence-corrected chi connectivity index (χ3v) is 4.50. The van der Waals surface area contributed by atoms with Crippen LogP contribution in [-0.2, 0) is 4.79 Å². The number of carbonyl (C=O) groups excluding carboxylic acids is 2. The molecule has 2 N–H and O–H groups in total. The highest BCUT2D eigenvalue weighted by Crippen LogP contribution is 2.23. The molecule has 0 atom stereocenters. The van der Waals surface area contributed by atoms with Gasteiger partial charge in [0.15, 0.2) is 6.61 Å². The average Bonchev–Trinajstić information content (AvgIpc) is 3.18. The van der Waals surface area contributed by atoms with Gasteiger partial charge in [-0.2, -0.15) is 0 Å². The van der Waals surface area contributed by atoms with Crippen molar-refractivity contribution in [3.05, 3.63) is 75.9 Å². The molecular formula is C19H15ClN2O3S. The van der Waals surface area contributed by atoms with Crippen LogP contribution in [0.1, 0.15) is 9.67 Å². The number of amides is 2. The topological polar surface area (TPSA) is 67.4 Å². The lowest BCUT2D eigenvalue weighted by Crippen LogP contribution is -2.21. The Labute approximate surface area is 159 Å². The lowest BCUT2D eigenvalue weighted by atomic mass is 10.2. The molecule has 1 aromatic heterocycles. The van der Waals surface area contributed by atoms with Crippen LogP contribution >= 0.6 is 22.9 Å². The van der Waals surface area contributed by atoms with Gasteiger partial charge >= 0.3 is 0 Å². The van der Waals surface area contributed by atoms with E-state index >= 15 is 0 Å². The molecule has 0 saturated carbocycles. The van der Waals surface area contributed by atoms with E-state index in [9.17, 15) is 9.59 Å². The Bertz CT molecular complexity index is 895. The van der Waals surface area contributed by atoms with E-state index in [4.69, 9.17) is 16.3 Å². The van der Waals surface area contributed by atoms with Crippen LogP contribution < -0.4 is 15.4 Å². The Hall–Kier alpha value is -2.83. The second-order valence-electron chi connectivity index (χ2n) is 5.27. The van der Waals surface area contributed by atoms with Crippen molar-refractivity contribution in [2.45, 2.75) is 0 Å². The van der Waals surface area contributed by atoms with Crippen LogP contribution in [0.5, 0.6) is 5.75 Å². The predicted octanol–water partition coefficient (Wildman–Crippen LogP) is 4.67. The second kappa shape index (κ2) is 8.51. The van der Waals surface area contributed by atoms with E-state index in [2.05, 4.69) is 10.6 Å². The zero-order valence-electron chi connectivity index (χ0n) is 13.6. The summed E-state index contributed by atoms with van der Waals surface area (Å²) in [4.78, 5) is 24.9. The number of para-hydroxylation sites is 2. The van der Waals surface area contributed by atoms with E-state index < -0.39 is 0 Å². The molecule has 26 heavy (non-hydrogen) atoms. The lowest BCUT2D eigenvalue weighted by Gasteiger charge is -2.12. The number of hydrogen-bond donors (Lipinski definition) is 2. The summed E-state index contributed by atoms with van der Waals surface area (Å²) in [7, 11) is 0. The van der Waals surface area contributed by atoms with Gasteiger partial charge in [-0.15, -0.1) is 11.3 Å². The molecule has 0 fully saturated rings. The summed E-state index contributed by atoms with van der Waals surface area (Å²) < 4.78 is 5.42. The number of thiophene rings is 1. The molecule has 0 radical (unpaired) electrons. The Balaban J connectivity index is 1.61. The summed E-state index contributed by atoms with van der Waals surface area (Å²) in [6, 6.07) is 17.3. The molecule has 0 spiro atoms. The third-order valence-electron chi connectivity index (χ3n) is 3.38. The number of halogens is 1. The first-order valence-electron chi connectivity index (χ1n) is 7.74. The molecule has 0 unspecified atom stereocenters. The first-order valence-corrected chi connectivity index (χ1v) is 9.00. The number of carbonyl (C=O) groups is 2. The third kappa shape index (κ3) is 4.84.